The van der Waals surface area contributed by atoms with E-state index in [1.54, 1.807) is 17.0 Å². The van der Waals surface area contributed by atoms with Crippen LogP contribution in [-0.2, 0) is 22.7 Å². The molecule has 8 nitrogen and oxygen atoms in total. The van der Waals surface area contributed by atoms with Crippen molar-refractivity contribution in [1.29, 1.82) is 0 Å². The summed E-state index contributed by atoms with van der Waals surface area (Å²) in [5, 5.41) is 14.7. The van der Waals surface area contributed by atoms with Crippen molar-refractivity contribution in [2.45, 2.75) is 45.5 Å². The lowest BCUT2D eigenvalue weighted by Crippen LogP contribution is -2.43. The number of ether oxygens (including phenoxy) is 1. The molecule has 0 aliphatic carbocycles. The van der Waals surface area contributed by atoms with Crippen LogP contribution in [0.25, 0.3) is 0 Å². The first-order valence-electron chi connectivity index (χ1n) is 10.6. The van der Waals surface area contributed by atoms with Crippen molar-refractivity contribution in [2.75, 3.05) is 0 Å². The number of rotatable bonds is 11. The zero-order chi connectivity index (χ0) is 24.2. The highest BCUT2D eigenvalue weighted by Crippen LogP contribution is 2.06. The van der Waals surface area contributed by atoms with Crippen molar-refractivity contribution in [3.05, 3.63) is 90.3 Å². The lowest BCUT2D eigenvalue weighted by atomic mass is 10.1. The molecule has 0 aliphatic rings. The summed E-state index contributed by atoms with van der Waals surface area (Å²) in [6.45, 7) is 7.63. The number of nitrogens with one attached hydrogen (secondary N) is 2. The van der Waals surface area contributed by atoms with E-state index < -0.39 is 24.0 Å². The molecular formula is C25H30N3O5+. The van der Waals surface area contributed by atoms with E-state index in [1.165, 1.54) is 12.1 Å². The molecule has 2 amide bonds. The van der Waals surface area contributed by atoms with Crippen molar-refractivity contribution in [1.82, 2.24) is 10.6 Å². The third-order valence-corrected chi connectivity index (χ3v) is 4.72. The number of aliphatic carboxylic acids is 1. The average molecular weight is 453 g/mol. The summed E-state index contributed by atoms with van der Waals surface area (Å²) in [4.78, 5) is 36.0. The van der Waals surface area contributed by atoms with Gasteiger partial charge in [-0.05, 0) is 25.8 Å². The van der Waals surface area contributed by atoms with E-state index in [4.69, 9.17) is 4.74 Å². The fourth-order valence-corrected chi connectivity index (χ4v) is 3.11. The van der Waals surface area contributed by atoms with E-state index >= 15 is 0 Å². The standard InChI is InChI=1S/C25H29N3O5/c1-4-8-18(2)15-19(3)26-25(32)33-17-28-13-11-21(12-14-28)23(29)27-22(24(30)31)16-20-9-6-5-7-10-20/h4-14,19,22H,2,15-17H2,1,3H3,(H2-,26,27,29,30,31,32)/p+1/b8-4-/t19-,22-/m0/s1. The van der Waals surface area contributed by atoms with Crippen molar-refractivity contribution >= 4 is 18.0 Å². The number of amides is 2. The van der Waals surface area contributed by atoms with Gasteiger partial charge in [0.2, 0.25) is 0 Å². The van der Waals surface area contributed by atoms with Crippen LogP contribution in [-0.4, -0.2) is 35.2 Å². The fourth-order valence-electron chi connectivity index (χ4n) is 3.11. The number of nitrogens with zero attached hydrogens (tertiary/aromatic N) is 1. The van der Waals surface area contributed by atoms with Gasteiger partial charge in [-0.3, -0.25) is 4.79 Å². The molecule has 2 atom stereocenters. The molecule has 0 spiro atoms. The molecule has 0 aliphatic heterocycles. The molecule has 0 saturated carbocycles. The molecular weight excluding hydrogens is 422 g/mol. The molecule has 1 aromatic carbocycles. The molecule has 2 aromatic rings. The lowest BCUT2D eigenvalue weighted by molar-refractivity contribution is -0.727. The molecule has 3 N–H and O–H groups in total. The zero-order valence-corrected chi connectivity index (χ0v) is 18.9. The maximum absolute atomic E-state index is 12.5. The number of carboxylic acid groups (broad SMARTS) is 1. The van der Waals surface area contributed by atoms with E-state index in [0.29, 0.717) is 12.0 Å². The number of carbonyl (C=O) groups excluding carboxylic acids is 2. The second-order valence-corrected chi connectivity index (χ2v) is 7.62. The summed E-state index contributed by atoms with van der Waals surface area (Å²) in [7, 11) is 0. The Morgan fingerprint density at radius 1 is 1.12 bits per heavy atom. The van der Waals surface area contributed by atoms with Crippen LogP contribution in [0, 0.1) is 0 Å². The number of alkyl carbamates (subject to hydrolysis) is 1. The lowest BCUT2D eigenvalue weighted by Gasteiger charge is -2.14. The second kappa shape index (κ2) is 12.8. The van der Waals surface area contributed by atoms with Crippen molar-refractivity contribution in [3.8, 4) is 0 Å². The van der Waals surface area contributed by atoms with Gasteiger partial charge in [0.25, 0.3) is 12.6 Å². The first-order valence-corrected chi connectivity index (χ1v) is 10.6. The molecule has 0 saturated heterocycles. The monoisotopic (exact) mass is 452 g/mol. The Morgan fingerprint density at radius 2 is 1.79 bits per heavy atom. The van der Waals surface area contributed by atoms with Gasteiger partial charge in [-0.15, -0.1) is 0 Å². The molecule has 1 aromatic heterocycles. The first kappa shape index (κ1) is 25.3. The average Bonchev–Trinajstić information content (AvgIpc) is 2.78. The number of carboxylic acids is 1. The van der Waals surface area contributed by atoms with Gasteiger partial charge in [-0.25, -0.2) is 9.59 Å². The van der Waals surface area contributed by atoms with Crippen LogP contribution < -0.4 is 15.2 Å². The van der Waals surface area contributed by atoms with Crippen LogP contribution in [0.4, 0.5) is 4.79 Å². The van der Waals surface area contributed by atoms with Crippen LogP contribution in [0.2, 0.25) is 0 Å². The summed E-state index contributed by atoms with van der Waals surface area (Å²) in [6, 6.07) is 11.0. The van der Waals surface area contributed by atoms with E-state index in [2.05, 4.69) is 17.2 Å². The normalized spacial score (nSPS) is 12.5. The Kier molecular flexibility index (Phi) is 9.82. The molecule has 0 unspecified atom stereocenters. The molecule has 33 heavy (non-hydrogen) atoms. The molecule has 0 bridgehead atoms. The summed E-state index contributed by atoms with van der Waals surface area (Å²) >= 11 is 0. The Hall–Kier alpha value is -3.94. The predicted molar refractivity (Wildman–Crippen MR) is 123 cm³/mol. The molecule has 0 fully saturated rings. The van der Waals surface area contributed by atoms with Crippen molar-refractivity contribution in [3.63, 3.8) is 0 Å². The van der Waals surface area contributed by atoms with Gasteiger partial charge in [0.15, 0.2) is 12.4 Å². The minimum Gasteiger partial charge on any atom is -0.480 e. The predicted octanol–water partition coefficient (Wildman–Crippen LogP) is 2.99. The van der Waals surface area contributed by atoms with Crippen LogP contribution >= 0.6 is 0 Å². The Balaban J connectivity index is 1.85. The largest absolute Gasteiger partial charge is 0.480 e. The number of hydrogen-bond acceptors (Lipinski definition) is 4. The van der Waals surface area contributed by atoms with Crippen LogP contribution in [0.15, 0.2) is 79.2 Å². The Labute approximate surface area is 193 Å². The molecule has 0 radical (unpaired) electrons. The van der Waals surface area contributed by atoms with Gasteiger partial charge < -0.3 is 20.5 Å². The smallest absolute Gasteiger partial charge is 0.412 e. The molecule has 1 heterocycles. The quantitative estimate of drug-likeness (QED) is 0.359. The number of allylic oxidation sites excluding steroid dienone is 2. The highest BCUT2D eigenvalue weighted by atomic mass is 16.6. The van der Waals surface area contributed by atoms with Gasteiger partial charge in [0.1, 0.15) is 6.04 Å². The number of carbonyl (C=O) groups is 3. The number of hydrogen-bond donors (Lipinski definition) is 3. The van der Waals surface area contributed by atoms with Crippen LogP contribution in [0.3, 0.4) is 0 Å². The maximum atomic E-state index is 12.5. The third-order valence-electron chi connectivity index (χ3n) is 4.72. The number of pyridine rings is 1. The summed E-state index contributed by atoms with van der Waals surface area (Å²) in [5.41, 5.74) is 2.01. The van der Waals surface area contributed by atoms with Gasteiger partial charge in [0.05, 0.1) is 5.56 Å². The minimum atomic E-state index is -1.11. The number of benzene rings is 1. The van der Waals surface area contributed by atoms with E-state index in [1.807, 2.05) is 56.3 Å². The Morgan fingerprint density at radius 3 is 2.39 bits per heavy atom. The SMILES string of the molecule is C=C(/C=C\C)C[C@H](C)NC(=O)OC[n+]1ccc(C(=O)N[C@@H](Cc2ccccc2)C(=O)O)cc1. The summed E-state index contributed by atoms with van der Waals surface area (Å²) < 4.78 is 6.77. The topological polar surface area (TPSA) is 109 Å². The van der Waals surface area contributed by atoms with Crippen LogP contribution in [0.1, 0.15) is 36.2 Å². The highest BCUT2D eigenvalue weighted by molar-refractivity contribution is 5.96. The fraction of sp³-hybridized carbons (Fsp3) is 0.280. The van der Waals surface area contributed by atoms with Gasteiger partial charge in [-0.2, -0.15) is 4.57 Å². The zero-order valence-electron chi connectivity index (χ0n) is 18.9. The van der Waals surface area contributed by atoms with E-state index in [9.17, 15) is 19.5 Å². The molecule has 2 rings (SSSR count). The third kappa shape index (κ3) is 8.98. The summed E-state index contributed by atoms with van der Waals surface area (Å²) in [5.74, 6) is -1.61. The molecule has 174 valence electrons. The van der Waals surface area contributed by atoms with E-state index in [-0.39, 0.29) is 19.2 Å². The number of aromatic nitrogens is 1. The van der Waals surface area contributed by atoms with Crippen molar-refractivity contribution < 1.29 is 28.8 Å². The van der Waals surface area contributed by atoms with Crippen LogP contribution in [0.5, 0.6) is 0 Å². The Bertz CT molecular complexity index is 987. The van der Waals surface area contributed by atoms with E-state index in [0.717, 1.165) is 11.1 Å². The first-order chi connectivity index (χ1) is 15.8. The second-order valence-electron chi connectivity index (χ2n) is 7.62. The molecule has 8 heteroatoms. The van der Waals surface area contributed by atoms with Gasteiger partial charge >= 0.3 is 12.1 Å². The summed E-state index contributed by atoms with van der Waals surface area (Å²) in [6.07, 6.45) is 7.15. The minimum absolute atomic E-state index is 0.0397. The highest BCUT2D eigenvalue weighted by Gasteiger charge is 2.21. The van der Waals surface area contributed by atoms with Gasteiger partial charge in [-0.1, -0.05) is 54.6 Å². The van der Waals surface area contributed by atoms with Gasteiger partial charge in [0, 0.05) is 24.6 Å². The maximum Gasteiger partial charge on any atom is 0.412 e. The van der Waals surface area contributed by atoms with Crippen molar-refractivity contribution in [2.24, 2.45) is 0 Å².